The Kier molecular flexibility index (Phi) is 4.09. The van der Waals surface area contributed by atoms with Crippen LogP contribution in [0.25, 0.3) is 0 Å². The highest BCUT2D eigenvalue weighted by Gasteiger charge is 2.08. The van der Waals surface area contributed by atoms with E-state index in [1.54, 1.807) is 12.1 Å². The Balaban J connectivity index is 2.27. The summed E-state index contributed by atoms with van der Waals surface area (Å²) < 4.78 is 0. The molecule has 0 aliphatic heterocycles. The van der Waals surface area contributed by atoms with Gasteiger partial charge in [-0.3, -0.25) is 0 Å². The number of aryl methyl sites for hydroxylation is 1. The number of anilines is 1. The number of rotatable bonds is 3. The zero-order valence-electron chi connectivity index (χ0n) is 11.0. The summed E-state index contributed by atoms with van der Waals surface area (Å²) in [5.41, 5.74) is 3.94. The molecule has 0 atom stereocenters. The molecule has 0 saturated carbocycles. The second kappa shape index (κ2) is 5.77. The molecule has 0 bridgehead atoms. The highest BCUT2D eigenvalue weighted by molar-refractivity contribution is 6.30. The number of nitrogens with zero attached hydrogens (tertiary/aromatic N) is 2. The maximum absolute atomic E-state index is 9.15. The summed E-state index contributed by atoms with van der Waals surface area (Å²) in [6.07, 6.45) is 0. The van der Waals surface area contributed by atoms with Gasteiger partial charge in [0.1, 0.15) is 6.07 Å². The topological polar surface area (TPSA) is 27.0 Å². The standard InChI is InChI=1S/C16H15ClN2/c1-12-4-3-5-13(8-12)11-19(2)16-9-15(17)7-6-14(16)10-18/h3-9H,11H2,1-2H3. The second-order valence-electron chi connectivity index (χ2n) is 4.62. The van der Waals surface area contributed by atoms with Crippen LogP contribution >= 0.6 is 11.6 Å². The summed E-state index contributed by atoms with van der Waals surface area (Å²) in [7, 11) is 1.97. The van der Waals surface area contributed by atoms with E-state index in [9.17, 15) is 0 Å². The van der Waals surface area contributed by atoms with E-state index in [0.29, 0.717) is 10.6 Å². The summed E-state index contributed by atoms with van der Waals surface area (Å²) in [6, 6.07) is 15.9. The van der Waals surface area contributed by atoms with Crippen LogP contribution in [0.4, 0.5) is 5.69 Å². The first kappa shape index (κ1) is 13.5. The molecular formula is C16H15ClN2. The summed E-state index contributed by atoms with van der Waals surface area (Å²) in [6.45, 7) is 2.82. The molecule has 2 aromatic carbocycles. The van der Waals surface area contributed by atoms with Crippen molar-refractivity contribution >= 4 is 17.3 Å². The molecule has 3 heteroatoms. The van der Waals surface area contributed by atoms with Gasteiger partial charge in [0.25, 0.3) is 0 Å². The Morgan fingerprint density at radius 3 is 2.68 bits per heavy atom. The van der Waals surface area contributed by atoms with Gasteiger partial charge < -0.3 is 4.90 Å². The van der Waals surface area contributed by atoms with E-state index < -0.39 is 0 Å². The van der Waals surface area contributed by atoms with Gasteiger partial charge in [-0.2, -0.15) is 5.26 Å². The molecule has 2 aromatic rings. The molecule has 2 rings (SSSR count). The Labute approximate surface area is 118 Å². The molecule has 0 aliphatic rings. The van der Waals surface area contributed by atoms with Crippen LogP contribution in [0.15, 0.2) is 42.5 Å². The predicted octanol–water partition coefficient (Wildman–Crippen LogP) is 4.16. The molecule has 2 nitrogen and oxygen atoms in total. The molecule has 0 radical (unpaired) electrons. The Bertz CT molecular complexity index is 629. The fraction of sp³-hybridized carbons (Fsp3) is 0.188. The van der Waals surface area contributed by atoms with Crippen molar-refractivity contribution < 1.29 is 0 Å². The van der Waals surface area contributed by atoms with Crippen molar-refractivity contribution in [2.75, 3.05) is 11.9 Å². The van der Waals surface area contributed by atoms with Gasteiger partial charge in [0.05, 0.1) is 11.3 Å². The first-order valence-corrected chi connectivity index (χ1v) is 6.44. The average molecular weight is 271 g/mol. The van der Waals surface area contributed by atoms with Crippen LogP contribution in [-0.2, 0) is 6.54 Å². The Morgan fingerprint density at radius 1 is 1.21 bits per heavy atom. The lowest BCUT2D eigenvalue weighted by Crippen LogP contribution is -2.17. The van der Waals surface area contributed by atoms with Crippen LogP contribution in [0.5, 0.6) is 0 Å². The molecule has 0 saturated heterocycles. The molecular weight excluding hydrogens is 256 g/mol. The zero-order chi connectivity index (χ0) is 13.8. The molecule has 0 fully saturated rings. The second-order valence-corrected chi connectivity index (χ2v) is 5.05. The van der Waals surface area contributed by atoms with Crippen molar-refractivity contribution in [3.8, 4) is 6.07 Å². The SMILES string of the molecule is Cc1cccc(CN(C)c2cc(Cl)ccc2C#N)c1. The van der Waals surface area contributed by atoms with Crippen LogP contribution in [0.1, 0.15) is 16.7 Å². The van der Waals surface area contributed by atoms with Crippen LogP contribution in [0.2, 0.25) is 5.02 Å². The largest absolute Gasteiger partial charge is 0.369 e. The van der Waals surface area contributed by atoms with Crippen molar-refractivity contribution in [1.82, 2.24) is 0 Å². The van der Waals surface area contributed by atoms with E-state index in [4.69, 9.17) is 16.9 Å². The molecule has 0 amide bonds. The van der Waals surface area contributed by atoms with Crippen molar-refractivity contribution in [2.24, 2.45) is 0 Å². The third-order valence-electron chi connectivity index (χ3n) is 2.99. The van der Waals surface area contributed by atoms with E-state index in [2.05, 4.69) is 31.2 Å². The maximum Gasteiger partial charge on any atom is 0.101 e. The number of benzene rings is 2. The van der Waals surface area contributed by atoms with Gasteiger partial charge >= 0.3 is 0 Å². The molecule has 19 heavy (non-hydrogen) atoms. The lowest BCUT2D eigenvalue weighted by atomic mass is 10.1. The van der Waals surface area contributed by atoms with Crippen molar-refractivity contribution in [3.05, 3.63) is 64.2 Å². The number of hydrogen-bond acceptors (Lipinski definition) is 2. The van der Waals surface area contributed by atoms with Crippen molar-refractivity contribution in [3.63, 3.8) is 0 Å². The van der Waals surface area contributed by atoms with Crippen molar-refractivity contribution in [2.45, 2.75) is 13.5 Å². The van der Waals surface area contributed by atoms with E-state index in [1.807, 2.05) is 24.1 Å². The van der Waals surface area contributed by atoms with Gasteiger partial charge in [-0.25, -0.2) is 0 Å². The fourth-order valence-corrected chi connectivity index (χ4v) is 2.25. The number of hydrogen-bond donors (Lipinski definition) is 0. The van der Waals surface area contributed by atoms with E-state index in [-0.39, 0.29) is 0 Å². The number of nitriles is 1. The third-order valence-corrected chi connectivity index (χ3v) is 3.23. The van der Waals surface area contributed by atoms with Crippen molar-refractivity contribution in [1.29, 1.82) is 5.26 Å². The lowest BCUT2D eigenvalue weighted by molar-refractivity contribution is 0.919. The minimum absolute atomic E-state index is 0.638. The summed E-state index contributed by atoms with van der Waals surface area (Å²) in [4.78, 5) is 2.04. The first-order valence-electron chi connectivity index (χ1n) is 6.06. The quantitative estimate of drug-likeness (QED) is 0.837. The summed E-state index contributed by atoms with van der Waals surface area (Å²) in [5.74, 6) is 0. The van der Waals surface area contributed by atoms with Gasteiger partial charge in [0, 0.05) is 18.6 Å². The molecule has 0 unspecified atom stereocenters. The normalized spacial score (nSPS) is 10.0. The van der Waals surface area contributed by atoms with Gasteiger partial charge in [-0.05, 0) is 30.7 Å². The van der Waals surface area contributed by atoms with E-state index in [0.717, 1.165) is 12.2 Å². The highest BCUT2D eigenvalue weighted by Crippen LogP contribution is 2.24. The van der Waals surface area contributed by atoms with E-state index >= 15 is 0 Å². The zero-order valence-corrected chi connectivity index (χ0v) is 11.8. The fourth-order valence-electron chi connectivity index (χ4n) is 2.08. The van der Waals surface area contributed by atoms with Gasteiger partial charge in [0.15, 0.2) is 0 Å². The summed E-state index contributed by atoms with van der Waals surface area (Å²) >= 11 is 6.01. The third kappa shape index (κ3) is 3.27. The minimum Gasteiger partial charge on any atom is -0.369 e. The molecule has 0 heterocycles. The average Bonchev–Trinajstić information content (AvgIpc) is 2.38. The lowest BCUT2D eigenvalue weighted by Gasteiger charge is -2.21. The predicted molar refractivity (Wildman–Crippen MR) is 79.5 cm³/mol. The Hall–Kier alpha value is -1.98. The molecule has 0 N–H and O–H groups in total. The van der Waals surface area contributed by atoms with Gasteiger partial charge in [-0.15, -0.1) is 0 Å². The van der Waals surface area contributed by atoms with Crippen LogP contribution in [0, 0.1) is 18.3 Å². The van der Waals surface area contributed by atoms with Crippen LogP contribution in [0.3, 0.4) is 0 Å². The van der Waals surface area contributed by atoms with Gasteiger partial charge in [0.2, 0.25) is 0 Å². The molecule has 0 aliphatic carbocycles. The van der Waals surface area contributed by atoms with Crippen LogP contribution < -0.4 is 4.90 Å². The molecule has 0 aromatic heterocycles. The van der Waals surface area contributed by atoms with Crippen LogP contribution in [-0.4, -0.2) is 7.05 Å². The van der Waals surface area contributed by atoms with E-state index in [1.165, 1.54) is 11.1 Å². The number of halogens is 1. The minimum atomic E-state index is 0.638. The highest BCUT2D eigenvalue weighted by atomic mass is 35.5. The first-order chi connectivity index (χ1) is 9.10. The maximum atomic E-state index is 9.15. The monoisotopic (exact) mass is 270 g/mol. The molecule has 96 valence electrons. The smallest absolute Gasteiger partial charge is 0.101 e. The van der Waals surface area contributed by atoms with Gasteiger partial charge in [-0.1, -0.05) is 41.4 Å². The Morgan fingerprint density at radius 2 is 2.00 bits per heavy atom. The molecule has 0 spiro atoms. The summed E-state index contributed by atoms with van der Waals surface area (Å²) in [5, 5.41) is 9.79.